The van der Waals surface area contributed by atoms with Crippen LogP contribution in [0.25, 0.3) is 0 Å². The molecule has 4 nitrogen and oxygen atoms in total. The van der Waals surface area contributed by atoms with Gasteiger partial charge in [-0.3, -0.25) is 0 Å². The molecular weight excluding hydrogens is 331 g/mol. The van der Waals surface area contributed by atoms with Gasteiger partial charge in [-0.2, -0.15) is 4.31 Å². The fraction of sp³-hybridized carbons (Fsp3) is 0.571. The van der Waals surface area contributed by atoms with E-state index >= 15 is 0 Å². The zero-order valence-corrected chi connectivity index (χ0v) is 13.9. The number of hydrogen-bond donors (Lipinski definition) is 1. The molecule has 0 radical (unpaired) electrons. The Morgan fingerprint density at radius 2 is 1.48 bits per heavy atom. The van der Waals surface area contributed by atoms with Crippen molar-refractivity contribution in [3.63, 3.8) is 0 Å². The average Bonchev–Trinajstić information content (AvgIpc) is 3.20. The van der Waals surface area contributed by atoms with Crippen LogP contribution in [0.1, 0.15) is 25.7 Å². The summed E-state index contributed by atoms with van der Waals surface area (Å²) in [5, 5.41) is 0.188. The number of halogens is 2. The van der Waals surface area contributed by atoms with Crippen molar-refractivity contribution in [2.45, 2.75) is 30.6 Å². The van der Waals surface area contributed by atoms with Gasteiger partial charge in [0, 0.05) is 18.8 Å². The summed E-state index contributed by atoms with van der Waals surface area (Å²) in [6.45, 7) is 1.13. The van der Waals surface area contributed by atoms with Gasteiger partial charge >= 0.3 is 0 Å². The zero-order valence-electron chi connectivity index (χ0n) is 11.6. The monoisotopic (exact) mass is 348 g/mol. The molecule has 1 aromatic carbocycles. The van der Waals surface area contributed by atoms with Crippen molar-refractivity contribution in [1.29, 1.82) is 0 Å². The Balaban J connectivity index is 1.95. The molecule has 2 saturated carbocycles. The molecule has 0 spiro atoms. The van der Waals surface area contributed by atoms with E-state index in [0.29, 0.717) is 30.6 Å². The van der Waals surface area contributed by atoms with Crippen molar-refractivity contribution in [1.82, 2.24) is 4.31 Å². The van der Waals surface area contributed by atoms with Crippen LogP contribution >= 0.6 is 23.2 Å². The molecule has 0 bridgehead atoms. The Morgan fingerprint density at radius 3 is 1.86 bits per heavy atom. The van der Waals surface area contributed by atoms with Gasteiger partial charge in [-0.15, -0.1) is 0 Å². The molecule has 2 N–H and O–H groups in total. The molecule has 0 unspecified atom stereocenters. The number of nitrogen functional groups attached to an aromatic ring is 1. The quantitative estimate of drug-likeness (QED) is 0.801. The topological polar surface area (TPSA) is 63.4 Å². The molecule has 7 heteroatoms. The number of anilines is 1. The first-order valence-corrected chi connectivity index (χ1v) is 9.32. The lowest BCUT2D eigenvalue weighted by Crippen LogP contribution is -2.35. The predicted molar refractivity (Wildman–Crippen MR) is 85.1 cm³/mol. The van der Waals surface area contributed by atoms with E-state index in [1.807, 2.05) is 0 Å². The molecule has 2 aliphatic carbocycles. The first-order chi connectivity index (χ1) is 9.88. The summed E-state index contributed by atoms with van der Waals surface area (Å²) in [6, 6.07) is 2.87. The van der Waals surface area contributed by atoms with Crippen molar-refractivity contribution < 1.29 is 8.42 Å². The van der Waals surface area contributed by atoms with E-state index in [4.69, 9.17) is 28.9 Å². The predicted octanol–water partition coefficient (Wildman–Crippen LogP) is 3.39. The lowest BCUT2D eigenvalue weighted by Gasteiger charge is -2.23. The Hall–Kier alpha value is -0.490. The zero-order chi connectivity index (χ0) is 15.2. The van der Waals surface area contributed by atoms with Crippen LogP contribution in [0.5, 0.6) is 0 Å². The second kappa shape index (κ2) is 5.61. The number of benzene rings is 1. The highest BCUT2D eigenvalue weighted by Gasteiger charge is 2.37. The summed E-state index contributed by atoms with van der Waals surface area (Å²) in [5.74, 6) is 0.953. The minimum absolute atomic E-state index is 0.0127. The molecule has 1 aromatic rings. The summed E-state index contributed by atoms with van der Waals surface area (Å²) in [6.07, 6.45) is 4.39. The minimum Gasteiger partial charge on any atom is -0.399 e. The first kappa shape index (κ1) is 15.4. The lowest BCUT2D eigenvalue weighted by molar-refractivity contribution is 0.382. The van der Waals surface area contributed by atoms with Gasteiger partial charge in [-0.1, -0.05) is 23.2 Å². The molecule has 2 fully saturated rings. The maximum absolute atomic E-state index is 12.9. The van der Waals surface area contributed by atoms with Crippen molar-refractivity contribution in [3.05, 3.63) is 22.2 Å². The molecule has 2 aliphatic rings. The molecule has 0 aliphatic heterocycles. The summed E-state index contributed by atoms with van der Waals surface area (Å²) in [5.41, 5.74) is 6.01. The summed E-state index contributed by atoms with van der Waals surface area (Å²) in [7, 11) is -3.68. The molecule has 0 saturated heterocycles. The van der Waals surface area contributed by atoms with Gasteiger partial charge < -0.3 is 5.73 Å². The highest BCUT2D eigenvalue weighted by molar-refractivity contribution is 7.89. The molecule has 0 amide bonds. The normalized spacial score (nSPS) is 19.2. The first-order valence-electron chi connectivity index (χ1n) is 7.12. The smallest absolute Gasteiger partial charge is 0.246 e. The second-order valence-electron chi connectivity index (χ2n) is 6.02. The molecule has 3 rings (SSSR count). The fourth-order valence-electron chi connectivity index (χ4n) is 2.40. The van der Waals surface area contributed by atoms with Crippen molar-refractivity contribution in [2.75, 3.05) is 18.8 Å². The molecule has 0 aromatic heterocycles. The van der Waals surface area contributed by atoms with Crippen LogP contribution < -0.4 is 5.73 Å². The Bertz CT molecular complexity index is 618. The van der Waals surface area contributed by atoms with Gasteiger partial charge in [0.15, 0.2) is 0 Å². The number of nitrogens with two attached hydrogens (primary N) is 1. The summed E-state index contributed by atoms with van der Waals surface area (Å²) in [4.78, 5) is -0.0127. The standard InChI is InChI=1S/C14H18Cl2N2O2S/c15-12-5-11(17)6-13(16)14(12)21(19,20)18(7-9-1-2-9)8-10-3-4-10/h5-6,9-10H,1-4,7-8,17H2. The van der Waals surface area contributed by atoms with Gasteiger partial charge in [0.05, 0.1) is 10.0 Å². The molecule has 0 atom stereocenters. The fourth-order valence-corrected chi connectivity index (χ4v) is 5.17. The molecule has 21 heavy (non-hydrogen) atoms. The number of nitrogens with zero attached hydrogens (tertiary/aromatic N) is 1. The second-order valence-corrected chi connectivity index (χ2v) is 8.71. The lowest BCUT2D eigenvalue weighted by atomic mass is 10.3. The van der Waals surface area contributed by atoms with Gasteiger partial charge in [-0.25, -0.2) is 8.42 Å². The number of sulfonamides is 1. The van der Waals surface area contributed by atoms with E-state index in [1.165, 1.54) is 12.1 Å². The SMILES string of the molecule is Nc1cc(Cl)c(S(=O)(=O)N(CC2CC2)CC2CC2)c(Cl)c1. The van der Waals surface area contributed by atoms with E-state index in [0.717, 1.165) is 25.7 Å². The number of rotatable bonds is 6. The average molecular weight is 349 g/mol. The Labute approximate surface area is 135 Å². The van der Waals surface area contributed by atoms with Crippen LogP contribution in [0.2, 0.25) is 10.0 Å². The van der Waals surface area contributed by atoms with Crippen LogP contribution in [0, 0.1) is 11.8 Å². The highest BCUT2D eigenvalue weighted by Crippen LogP contribution is 2.39. The van der Waals surface area contributed by atoms with E-state index in [-0.39, 0.29) is 14.9 Å². The van der Waals surface area contributed by atoms with Crippen LogP contribution in [0.3, 0.4) is 0 Å². The van der Waals surface area contributed by atoms with E-state index in [1.54, 1.807) is 4.31 Å². The molecule has 116 valence electrons. The van der Waals surface area contributed by atoms with Crippen LogP contribution in [-0.2, 0) is 10.0 Å². The highest BCUT2D eigenvalue weighted by atomic mass is 35.5. The van der Waals surface area contributed by atoms with Gasteiger partial charge in [0.2, 0.25) is 10.0 Å². The largest absolute Gasteiger partial charge is 0.399 e. The third kappa shape index (κ3) is 3.47. The van der Waals surface area contributed by atoms with Gasteiger partial charge in [-0.05, 0) is 49.7 Å². The van der Waals surface area contributed by atoms with Crippen LogP contribution in [0.4, 0.5) is 5.69 Å². The van der Waals surface area contributed by atoms with Crippen molar-refractivity contribution in [3.8, 4) is 0 Å². The van der Waals surface area contributed by atoms with Crippen LogP contribution in [0.15, 0.2) is 17.0 Å². The van der Waals surface area contributed by atoms with Gasteiger partial charge in [0.1, 0.15) is 4.90 Å². The van der Waals surface area contributed by atoms with Crippen molar-refractivity contribution >= 4 is 38.9 Å². The van der Waals surface area contributed by atoms with E-state index in [9.17, 15) is 8.42 Å². The van der Waals surface area contributed by atoms with E-state index in [2.05, 4.69) is 0 Å². The summed E-state index contributed by atoms with van der Waals surface area (Å²) >= 11 is 12.2. The third-order valence-corrected chi connectivity index (χ3v) is 6.69. The molecule has 0 heterocycles. The summed E-state index contributed by atoms with van der Waals surface area (Å²) < 4.78 is 27.4. The third-order valence-electron chi connectivity index (χ3n) is 3.94. The van der Waals surface area contributed by atoms with Crippen LogP contribution in [-0.4, -0.2) is 25.8 Å². The maximum atomic E-state index is 12.9. The Kier molecular flexibility index (Phi) is 4.12. The molecular formula is C14H18Cl2N2O2S. The van der Waals surface area contributed by atoms with E-state index < -0.39 is 10.0 Å². The minimum atomic E-state index is -3.68. The van der Waals surface area contributed by atoms with Gasteiger partial charge in [0.25, 0.3) is 0 Å². The Morgan fingerprint density at radius 1 is 1.05 bits per heavy atom. The number of hydrogen-bond acceptors (Lipinski definition) is 3. The maximum Gasteiger partial charge on any atom is 0.246 e. The van der Waals surface area contributed by atoms with Crippen molar-refractivity contribution in [2.24, 2.45) is 11.8 Å².